The summed E-state index contributed by atoms with van der Waals surface area (Å²) in [5.41, 5.74) is 0. The fourth-order valence-electron chi connectivity index (χ4n) is 2.58. The molecule has 118 valence electrons. The molecule has 7 heteroatoms. The van der Waals surface area contributed by atoms with Crippen molar-refractivity contribution < 1.29 is 9.15 Å². The van der Waals surface area contributed by atoms with Gasteiger partial charge in [-0.1, -0.05) is 11.6 Å². The topological polar surface area (TPSA) is 64.3 Å². The molecule has 1 aliphatic rings. The van der Waals surface area contributed by atoms with Crippen LogP contribution in [-0.2, 0) is 6.54 Å². The molecule has 0 N–H and O–H groups in total. The highest BCUT2D eigenvalue weighted by Gasteiger charge is 2.21. The second kappa shape index (κ2) is 7.07. The highest BCUT2D eigenvalue weighted by molar-refractivity contribution is 6.31. The molecule has 0 amide bonds. The van der Waals surface area contributed by atoms with Crippen LogP contribution in [0.5, 0.6) is 5.88 Å². The van der Waals surface area contributed by atoms with Gasteiger partial charge in [0.2, 0.25) is 17.7 Å². The predicted octanol–water partition coefficient (Wildman–Crippen LogP) is 2.72. The van der Waals surface area contributed by atoms with Crippen molar-refractivity contribution in [2.24, 2.45) is 5.92 Å². The number of rotatable bonds is 5. The van der Waals surface area contributed by atoms with Gasteiger partial charge in [0.05, 0.1) is 13.2 Å². The molecule has 2 aromatic heterocycles. The number of hydrogen-bond acceptors (Lipinski definition) is 6. The van der Waals surface area contributed by atoms with E-state index in [-0.39, 0.29) is 0 Å². The third-order valence-electron chi connectivity index (χ3n) is 3.81. The molecule has 0 radical (unpaired) electrons. The molecule has 22 heavy (non-hydrogen) atoms. The number of pyridine rings is 1. The third-order valence-corrected chi connectivity index (χ3v) is 4.10. The first-order valence-electron chi connectivity index (χ1n) is 7.45. The smallest absolute Gasteiger partial charge is 0.232 e. The van der Waals surface area contributed by atoms with Gasteiger partial charge in [-0.15, -0.1) is 10.2 Å². The number of aromatic nitrogens is 3. The second-order valence-corrected chi connectivity index (χ2v) is 5.94. The van der Waals surface area contributed by atoms with Crippen LogP contribution < -0.4 is 4.74 Å². The molecule has 0 aliphatic carbocycles. The average Bonchev–Trinajstić information content (AvgIpc) is 2.93. The molecule has 0 atom stereocenters. The molecule has 1 saturated heterocycles. The molecule has 6 nitrogen and oxygen atoms in total. The molecule has 3 rings (SSSR count). The summed E-state index contributed by atoms with van der Waals surface area (Å²) in [7, 11) is 0. The van der Waals surface area contributed by atoms with E-state index in [1.165, 1.54) is 0 Å². The van der Waals surface area contributed by atoms with Crippen molar-refractivity contribution in [2.45, 2.75) is 26.3 Å². The van der Waals surface area contributed by atoms with E-state index in [9.17, 15) is 0 Å². The minimum Gasteiger partial charge on any atom is -0.476 e. The average molecular weight is 323 g/mol. The monoisotopic (exact) mass is 322 g/mol. The summed E-state index contributed by atoms with van der Waals surface area (Å²) < 4.78 is 11.2. The van der Waals surface area contributed by atoms with Gasteiger partial charge in [-0.2, -0.15) is 0 Å². The van der Waals surface area contributed by atoms with E-state index >= 15 is 0 Å². The SMILES string of the molecule is Cc1nnc(CN2CCC(COc3ncccc3Cl)CC2)o1. The maximum absolute atomic E-state index is 6.04. The van der Waals surface area contributed by atoms with Crippen LogP contribution >= 0.6 is 11.6 Å². The zero-order valence-electron chi connectivity index (χ0n) is 12.5. The molecule has 0 spiro atoms. The Morgan fingerprint density at radius 3 is 2.86 bits per heavy atom. The maximum atomic E-state index is 6.04. The zero-order valence-corrected chi connectivity index (χ0v) is 13.3. The van der Waals surface area contributed by atoms with Gasteiger partial charge in [0, 0.05) is 13.1 Å². The van der Waals surface area contributed by atoms with Crippen molar-refractivity contribution >= 4 is 11.6 Å². The first-order valence-corrected chi connectivity index (χ1v) is 7.83. The minimum atomic E-state index is 0.521. The van der Waals surface area contributed by atoms with Gasteiger partial charge in [0.1, 0.15) is 5.02 Å². The first-order chi connectivity index (χ1) is 10.7. The van der Waals surface area contributed by atoms with Crippen LogP contribution in [0.1, 0.15) is 24.6 Å². The van der Waals surface area contributed by atoms with E-state index in [1.807, 2.05) is 6.92 Å². The van der Waals surface area contributed by atoms with Gasteiger partial charge in [-0.3, -0.25) is 4.90 Å². The Balaban J connectivity index is 1.43. The standard InChI is InChI=1S/C15H19ClN4O2/c1-11-18-19-14(22-11)9-20-7-4-12(5-8-20)10-21-15-13(16)3-2-6-17-15/h2-3,6,12H,4-5,7-10H2,1H3. The summed E-state index contributed by atoms with van der Waals surface area (Å²) in [5.74, 6) is 2.35. The Kier molecular flexibility index (Phi) is 4.90. The Bertz CT molecular complexity index is 611. The number of nitrogens with zero attached hydrogens (tertiary/aromatic N) is 4. The Hall–Kier alpha value is -1.66. The number of hydrogen-bond donors (Lipinski definition) is 0. The van der Waals surface area contributed by atoms with Gasteiger partial charge in [-0.05, 0) is 44.0 Å². The van der Waals surface area contributed by atoms with Crippen LogP contribution in [-0.4, -0.2) is 39.8 Å². The lowest BCUT2D eigenvalue weighted by atomic mass is 9.98. The van der Waals surface area contributed by atoms with E-state index in [2.05, 4.69) is 20.1 Å². The lowest BCUT2D eigenvalue weighted by Gasteiger charge is -2.30. The molecule has 1 fully saturated rings. The van der Waals surface area contributed by atoms with Crippen LogP contribution in [0.15, 0.2) is 22.7 Å². The van der Waals surface area contributed by atoms with E-state index in [1.54, 1.807) is 18.3 Å². The minimum absolute atomic E-state index is 0.521. The van der Waals surface area contributed by atoms with E-state index in [4.69, 9.17) is 20.8 Å². The fourth-order valence-corrected chi connectivity index (χ4v) is 2.75. The van der Waals surface area contributed by atoms with Crippen LogP contribution in [0, 0.1) is 12.8 Å². The van der Waals surface area contributed by atoms with Crippen LogP contribution in [0.4, 0.5) is 0 Å². The van der Waals surface area contributed by atoms with E-state index < -0.39 is 0 Å². The molecule has 2 aromatic rings. The van der Waals surface area contributed by atoms with Crippen molar-refractivity contribution in [1.29, 1.82) is 0 Å². The fraction of sp³-hybridized carbons (Fsp3) is 0.533. The van der Waals surface area contributed by atoms with Gasteiger partial charge < -0.3 is 9.15 Å². The molecule has 0 bridgehead atoms. The summed E-state index contributed by atoms with van der Waals surface area (Å²) in [5, 5.41) is 8.46. The summed E-state index contributed by atoms with van der Waals surface area (Å²) in [4.78, 5) is 6.47. The van der Waals surface area contributed by atoms with Crippen LogP contribution in [0.3, 0.4) is 0 Å². The zero-order chi connectivity index (χ0) is 15.4. The Labute approximate surface area is 134 Å². The first kappa shape index (κ1) is 15.2. The summed E-state index contributed by atoms with van der Waals surface area (Å²) in [6.45, 7) is 5.20. The largest absolute Gasteiger partial charge is 0.476 e. The van der Waals surface area contributed by atoms with E-state index in [0.717, 1.165) is 32.5 Å². The van der Waals surface area contributed by atoms with Crippen LogP contribution in [0.2, 0.25) is 5.02 Å². The lowest BCUT2D eigenvalue weighted by molar-refractivity contribution is 0.127. The van der Waals surface area contributed by atoms with Gasteiger partial charge in [0.25, 0.3) is 0 Å². The summed E-state index contributed by atoms with van der Waals surface area (Å²) in [6.07, 6.45) is 3.85. The van der Waals surface area contributed by atoms with Crippen molar-refractivity contribution in [3.05, 3.63) is 35.1 Å². The highest BCUT2D eigenvalue weighted by Crippen LogP contribution is 2.23. The van der Waals surface area contributed by atoms with Crippen LogP contribution in [0.25, 0.3) is 0 Å². The molecular formula is C15H19ClN4O2. The molecule has 1 aliphatic heterocycles. The number of ether oxygens (including phenoxy) is 1. The molecular weight excluding hydrogens is 304 g/mol. The quantitative estimate of drug-likeness (QED) is 0.843. The van der Waals surface area contributed by atoms with E-state index in [0.29, 0.717) is 35.2 Å². The van der Waals surface area contributed by atoms with Crippen molar-refractivity contribution in [1.82, 2.24) is 20.1 Å². The van der Waals surface area contributed by atoms with Crippen molar-refractivity contribution in [2.75, 3.05) is 19.7 Å². The number of likely N-dealkylation sites (tertiary alicyclic amines) is 1. The summed E-state index contributed by atoms with van der Waals surface area (Å²) in [6, 6.07) is 3.59. The summed E-state index contributed by atoms with van der Waals surface area (Å²) >= 11 is 6.04. The maximum Gasteiger partial charge on any atom is 0.232 e. The number of aryl methyl sites for hydroxylation is 1. The second-order valence-electron chi connectivity index (χ2n) is 5.54. The Morgan fingerprint density at radius 2 is 2.18 bits per heavy atom. The highest BCUT2D eigenvalue weighted by atomic mass is 35.5. The lowest BCUT2D eigenvalue weighted by Crippen LogP contribution is -2.35. The van der Waals surface area contributed by atoms with Crippen molar-refractivity contribution in [3.8, 4) is 5.88 Å². The molecule has 0 saturated carbocycles. The normalized spacial score (nSPS) is 16.8. The van der Waals surface area contributed by atoms with Crippen molar-refractivity contribution in [3.63, 3.8) is 0 Å². The molecule has 0 aromatic carbocycles. The van der Waals surface area contributed by atoms with Gasteiger partial charge in [0.15, 0.2) is 0 Å². The predicted molar refractivity (Wildman–Crippen MR) is 81.8 cm³/mol. The third kappa shape index (κ3) is 3.96. The molecule has 3 heterocycles. The Morgan fingerprint density at radius 1 is 1.36 bits per heavy atom. The van der Waals surface area contributed by atoms with Gasteiger partial charge >= 0.3 is 0 Å². The number of piperidine rings is 1. The molecule has 0 unspecified atom stereocenters. The van der Waals surface area contributed by atoms with Gasteiger partial charge in [-0.25, -0.2) is 4.98 Å². The number of halogens is 1.